The number of rotatable bonds is 1. The van der Waals surface area contributed by atoms with Gasteiger partial charge in [-0.2, -0.15) is 0 Å². The van der Waals surface area contributed by atoms with E-state index >= 15 is 0 Å². The second kappa shape index (κ2) is 5.03. The summed E-state index contributed by atoms with van der Waals surface area (Å²) in [4.78, 5) is 14.7. The first-order valence-corrected chi connectivity index (χ1v) is 7.95. The molecule has 0 bridgehead atoms. The summed E-state index contributed by atoms with van der Waals surface area (Å²) in [6.07, 6.45) is 5.08. The molecule has 5 nitrogen and oxygen atoms in total. The van der Waals surface area contributed by atoms with Crippen LogP contribution in [-0.2, 0) is 10.2 Å². The number of nitrogens with zero attached hydrogens (tertiary/aromatic N) is 4. The number of fused-ring (bicyclic) bond motifs is 2. The zero-order valence-corrected chi connectivity index (χ0v) is 13.0. The van der Waals surface area contributed by atoms with Gasteiger partial charge in [-0.3, -0.25) is 0 Å². The summed E-state index contributed by atoms with van der Waals surface area (Å²) < 4.78 is 5.68. The number of hydrogen-bond acceptors (Lipinski definition) is 5. The second-order valence-corrected chi connectivity index (χ2v) is 6.58. The number of halogens is 1. The van der Waals surface area contributed by atoms with Crippen molar-refractivity contribution in [3.05, 3.63) is 42.5 Å². The Morgan fingerprint density at radius 1 is 1.24 bits per heavy atom. The Bertz CT molecular complexity index is 653. The maximum absolute atomic E-state index is 5.68. The molecule has 1 saturated heterocycles. The Labute approximate surface area is 131 Å². The quantitative estimate of drug-likeness (QED) is 0.743. The smallest absolute Gasteiger partial charge is 0.232 e. The molecule has 6 heteroatoms. The van der Waals surface area contributed by atoms with Crippen LogP contribution >= 0.6 is 15.9 Å². The lowest BCUT2D eigenvalue weighted by Gasteiger charge is -2.36. The normalized spacial score (nSPS) is 27.9. The Morgan fingerprint density at radius 3 is 2.86 bits per heavy atom. The summed E-state index contributed by atoms with van der Waals surface area (Å²) in [5.74, 6) is 0.715. The van der Waals surface area contributed by atoms with E-state index in [2.05, 4.69) is 60.0 Å². The number of benzene rings is 1. The van der Waals surface area contributed by atoms with Crippen LogP contribution in [0.5, 0.6) is 0 Å². The van der Waals surface area contributed by atoms with Gasteiger partial charge < -0.3 is 9.64 Å². The number of ether oxygens (including phenoxy) is 1. The second-order valence-electron chi connectivity index (χ2n) is 5.56. The van der Waals surface area contributed by atoms with Crippen LogP contribution in [0.1, 0.15) is 18.4 Å². The molecule has 0 aliphatic carbocycles. The molecule has 2 aliphatic rings. The first-order chi connectivity index (χ1) is 10.3. The van der Waals surface area contributed by atoms with Crippen molar-refractivity contribution in [1.82, 2.24) is 15.0 Å². The topological polar surface area (TPSA) is 51.1 Å². The molecule has 108 valence electrons. The van der Waals surface area contributed by atoms with Gasteiger partial charge in [-0.05, 0) is 24.5 Å². The molecule has 2 aliphatic heterocycles. The summed E-state index contributed by atoms with van der Waals surface area (Å²) in [6.45, 7) is 1.66. The minimum absolute atomic E-state index is 0.107. The fourth-order valence-corrected chi connectivity index (χ4v) is 4.23. The van der Waals surface area contributed by atoms with Crippen LogP contribution in [0, 0.1) is 0 Å². The summed E-state index contributed by atoms with van der Waals surface area (Å²) in [5.41, 5.74) is 2.68. The van der Waals surface area contributed by atoms with Crippen LogP contribution in [0.3, 0.4) is 0 Å². The summed E-state index contributed by atoms with van der Waals surface area (Å²) in [7, 11) is 0. The molecular weight excluding hydrogens is 332 g/mol. The van der Waals surface area contributed by atoms with E-state index in [1.54, 1.807) is 12.7 Å². The molecule has 0 radical (unpaired) electrons. The van der Waals surface area contributed by atoms with E-state index in [1.807, 2.05) is 0 Å². The summed E-state index contributed by atoms with van der Waals surface area (Å²) in [5, 5.41) is 0.109. The zero-order chi connectivity index (χ0) is 14.3. The Morgan fingerprint density at radius 2 is 2.05 bits per heavy atom. The minimum Gasteiger partial charge on any atom is -0.367 e. The van der Waals surface area contributed by atoms with E-state index in [4.69, 9.17) is 4.74 Å². The molecule has 21 heavy (non-hydrogen) atoms. The molecule has 1 fully saturated rings. The molecule has 2 atom stereocenters. The number of para-hydroxylation sites is 1. The highest BCUT2D eigenvalue weighted by atomic mass is 79.9. The van der Waals surface area contributed by atoms with E-state index in [0.717, 1.165) is 26.0 Å². The fourth-order valence-electron chi connectivity index (χ4n) is 3.42. The lowest BCUT2D eigenvalue weighted by atomic mass is 9.76. The molecule has 0 amide bonds. The monoisotopic (exact) mass is 346 g/mol. The molecule has 2 aromatic rings. The molecular formula is C15H15BrN4O. The Balaban J connectivity index is 1.80. The van der Waals surface area contributed by atoms with Crippen LogP contribution in [0.2, 0.25) is 0 Å². The number of anilines is 2. The number of aromatic nitrogens is 3. The van der Waals surface area contributed by atoms with Crippen molar-refractivity contribution in [3.8, 4) is 0 Å². The van der Waals surface area contributed by atoms with Gasteiger partial charge in [0.1, 0.15) is 17.7 Å². The van der Waals surface area contributed by atoms with Crippen LogP contribution in [0.4, 0.5) is 11.6 Å². The Kier molecular flexibility index (Phi) is 3.15. The van der Waals surface area contributed by atoms with Crippen molar-refractivity contribution >= 4 is 27.6 Å². The summed E-state index contributed by atoms with van der Waals surface area (Å²) >= 11 is 3.62. The lowest BCUT2D eigenvalue weighted by molar-refractivity contribution is 0.0379. The van der Waals surface area contributed by atoms with Gasteiger partial charge in [0.05, 0.1) is 0 Å². The van der Waals surface area contributed by atoms with E-state index in [9.17, 15) is 0 Å². The van der Waals surface area contributed by atoms with E-state index in [0.29, 0.717) is 5.95 Å². The van der Waals surface area contributed by atoms with Crippen molar-refractivity contribution in [1.29, 1.82) is 0 Å². The molecule has 1 aromatic carbocycles. The Hall–Kier alpha value is -1.53. The van der Waals surface area contributed by atoms with Crippen molar-refractivity contribution < 1.29 is 4.74 Å². The van der Waals surface area contributed by atoms with Crippen LogP contribution in [0.25, 0.3) is 0 Å². The SMILES string of the molecule is BrC1CC2(CCO1)CN(c1ncncn1)c1ccccc12. The van der Waals surface area contributed by atoms with Gasteiger partial charge >= 0.3 is 0 Å². The average molecular weight is 347 g/mol. The molecule has 0 saturated carbocycles. The van der Waals surface area contributed by atoms with Crippen molar-refractivity contribution in [2.24, 2.45) is 0 Å². The largest absolute Gasteiger partial charge is 0.367 e. The van der Waals surface area contributed by atoms with Gasteiger partial charge in [-0.1, -0.05) is 34.1 Å². The van der Waals surface area contributed by atoms with Gasteiger partial charge in [0.25, 0.3) is 0 Å². The van der Waals surface area contributed by atoms with Gasteiger partial charge in [-0.25, -0.2) is 15.0 Å². The predicted octanol–water partition coefficient (Wildman–Crippen LogP) is 2.79. The van der Waals surface area contributed by atoms with Gasteiger partial charge in [-0.15, -0.1) is 0 Å². The minimum atomic E-state index is 0.107. The van der Waals surface area contributed by atoms with Crippen molar-refractivity contribution in [2.45, 2.75) is 23.3 Å². The maximum Gasteiger partial charge on any atom is 0.232 e. The molecule has 2 unspecified atom stereocenters. The third kappa shape index (κ3) is 2.13. The maximum atomic E-state index is 5.68. The van der Waals surface area contributed by atoms with Crippen LogP contribution in [-0.4, -0.2) is 33.1 Å². The number of hydrogen-bond donors (Lipinski definition) is 0. The van der Waals surface area contributed by atoms with E-state index in [1.165, 1.54) is 11.3 Å². The molecule has 0 N–H and O–H groups in total. The first kappa shape index (κ1) is 13.2. The van der Waals surface area contributed by atoms with Crippen LogP contribution < -0.4 is 4.90 Å². The number of alkyl halides is 1. The van der Waals surface area contributed by atoms with E-state index in [-0.39, 0.29) is 10.4 Å². The summed E-state index contributed by atoms with van der Waals surface area (Å²) in [6, 6.07) is 8.54. The highest BCUT2D eigenvalue weighted by Gasteiger charge is 2.46. The van der Waals surface area contributed by atoms with Gasteiger partial charge in [0.2, 0.25) is 5.95 Å². The third-order valence-corrected chi connectivity index (χ3v) is 4.97. The highest BCUT2D eigenvalue weighted by Crippen LogP contribution is 2.50. The third-order valence-electron chi connectivity index (χ3n) is 4.38. The lowest BCUT2D eigenvalue weighted by Crippen LogP contribution is -2.40. The zero-order valence-electron chi connectivity index (χ0n) is 11.4. The molecule has 1 spiro atoms. The first-order valence-electron chi connectivity index (χ1n) is 7.03. The van der Waals surface area contributed by atoms with E-state index < -0.39 is 0 Å². The fraction of sp³-hybridized carbons (Fsp3) is 0.400. The van der Waals surface area contributed by atoms with Crippen molar-refractivity contribution in [3.63, 3.8) is 0 Å². The van der Waals surface area contributed by atoms with Crippen molar-refractivity contribution in [2.75, 3.05) is 18.1 Å². The predicted molar refractivity (Wildman–Crippen MR) is 82.9 cm³/mol. The molecule has 4 rings (SSSR count). The standard InChI is InChI=1S/C15H15BrN4O/c16-13-7-15(5-6-21-13)8-20(14-18-9-17-10-19-14)12-4-2-1-3-11(12)15/h1-4,9-10,13H,5-8H2. The van der Waals surface area contributed by atoms with Gasteiger partial charge in [0.15, 0.2) is 0 Å². The van der Waals surface area contributed by atoms with Crippen LogP contribution in [0.15, 0.2) is 36.9 Å². The average Bonchev–Trinajstić information content (AvgIpc) is 2.83. The molecule has 3 heterocycles. The van der Waals surface area contributed by atoms with Gasteiger partial charge in [0, 0.05) is 24.3 Å². The molecule has 1 aromatic heterocycles. The highest BCUT2D eigenvalue weighted by molar-refractivity contribution is 9.09.